The lowest BCUT2D eigenvalue weighted by atomic mass is 9.95. The molecule has 2 fully saturated rings. The second-order valence-corrected chi connectivity index (χ2v) is 10.8. The number of piperidine rings is 1. The minimum absolute atomic E-state index is 0.0359. The number of nitrogens with one attached hydrogen (secondary N) is 2. The maximum atomic E-state index is 12.9. The first-order chi connectivity index (χ1) is 14.9. The second-order valence-electron chi connectivity index (χ2n) is 7.69. The normalized spacial score (nSPS) is 18.6. The third-order valence-corrected chi connectivity index (χ3v) is 8.51. The van der Waals surface area contributed by atoms with E-state index in [9.17, 15) is 18.0 Å². The van der Waals surface area contributed by atoms with Crippen molar-refractivity contribution >= 4 is 39.3 Å². The number of anilines is 1. The van der Waals surface area contributed by atoms with Crippen LogP contribution in [0.4, 0.5) is 5.69 Å². The van der Waals surface area contributed by atoms with Gasteiger partial charge in [0.05, 0.1) is 0 Å². The van der Waals surface area contributed by atoms with E-state index in [1.807, 2.05) is 30.3 Å². The molecule has 1 aromatic carbocycles. The van der Waals surface area contributed by atoms with Gasteiger partial charge in [0.1, 0.15) is 10.6 Å². The van der Waals surface area contributed by atoms with Gasteiger partial charge in [0.15, 0.2) is 0 Å². The van der Waals surface area contributed by atoms with Crippen LogP contribution in [0.25, 0.3) is 0 Å². The van der Waals surface area contributed by atoms with Gasteiger partial charge in [0.2, 0.25) is 15.9 Å². The number of aromatic amines is 1. The number of H-pyrrole nitrogens is 1. The van der Waals surface area contributed by atoms with Crippen LogP contribution in [0.3, 0.4) is 0 Å². The number of carbonyl (C=O) groups is 2. The molecule has 2 aromatic rings. The van der Waals surface area contributed by atoms with E-state index < -0.39 is 10.0 Å². The summed E-state index contributed by atoms with van der Waals surface area (Å²) in [5.41, 5.74) is 1.02. The highest BCUT2D eigenvalue weighted by molar-refractivity contribution is 7.99. The molecule has 3 heterocycles. The number of rotatable bonds is 5. The zero-order chi connectivity index (χ0) is 21.8. The lowest BCUT2D eigenvalue weighted by Gasteiger charge is -2.31. The molecule has 0 aliphatic carbocycles. The van der Waals surface area contributed by atoms with Crippen molar-refractivity contribution in [2.45, 2.75) is 17.7 Å². The van der Waals surface area contributed by atoms with Crippen LogP contribution in [-0.4, -0.2) is 72.1 Å². The Labute approximate surface area is 186 Å². The zero-order valence-corrected chi connectivity index (χ0v) is 18.8. The van der Waals surface area contributed by atoms with Crippen molar-refractivity contribution in [3.05, 3.63) is 48.3 Å². The van der Waals surface area contributed by atoms with Gasteiger partial charge in [-0.25, -0.2) is 8.42 Å². The standard InChI is InChI=1S/C21H26N4O4S2/c26-20(23-17-4-2-1-3-5-17)16-6-8-24(9-7-16)21(27)19-14-18(15-22-19)31(28,29)25-10-12-30-13-11-25/h1-5,14-16,22H,6-13H2,(H,23,26). The van der Waals surface area contributed by atoms with Crippen molar-refractivity contribution in [3.63, 3.8) is 0 Å². The molecule has 0 bridgehead atoms. The highest BCUT2D eigenvalue weighted by Gasteiger charge is 2.31. The number of carbonyl (C=O) groups excluding carboxylic acids is 2. The molecule has 166 valence electrons. The Bertz CT molecular complexity index is 1020. The van der Waals surface area contributed by atoms with E-state index in [1.54, 1.807) is 16.7 Å². The fraction of sp³-hybridized carbons (Fsp3) is 0.429. The summed E-state index contributed by atoms with van der Waals surface area (Å²) in [6, 6.07) is 10.7. The van der Waals surface area contributed by atoms with Gasteiger partial charge < -0.3 is 15.2 Å². The number of para-hydroxylation sites is 1. The largest absolute Gasteiger partial charge is 0.356 e. The van der Waals surface area contributed by atoms with Gasteiger partial charge in [0, 0.05) is 55.5 Å². The predicted octanol–water partition coefficient (Wildman–Crippen LogP) is 2.24. The number of nitrogens with zero attached hydrogens (tertiary/aromatic N) is 2. The fourth-order valence-electron chi connectivity index (χ4n) is 3.86. The van der Waals surface area contributed by atoms with Crippen LogP contribution in [0.5, 0.6) is 0 Å². The molecule has 31 heavy (non-hydrogen) atoms. The molecule has 0 spiro atoms. The van der Waals surface area contributed by atoms with Crippen LogP contribution in [0.2, 0.25) is 0 Å². The highest BCUT2D eigenvalue weighted by atomic mass is 32.2. The summed E-state index contributed by atoms with van der Waals surface area (Å²) in [5, 5.41) is 2.92. The van der Waals surface area contributed by atoms with Gasteiger partial charge in [-0.1, -0.05) is 18.2 Å². The maximum absolute atomic E-state index is 12.9. The summed E-state index contributed by atoms with van der Waals surface area (Å²) >= 11 is 1.74. The lowest BCUT2D eigenvalue weighted by Crippen LogP contribution is -2.41. The van der Waals surface area contributed by atoms with Gasteiger partial charge in [-0.05, 0) is 31.0 Å². The van der Waals surface area contributed by atoms with Crippen molar-refractivity contribution < 1.29 is 18.0 Å². The first-order valence-corrected chi connectivity index (χ1v) is 13.0. The molecule has 0 atom stereocenters. The number of hydrogen-bond donors (Lipinski definition) is 2. The Balaban J connectivity index is 1.34. The second kappa shape index (κ2) is 9.46. The Hall–Kier alpha value is -2.30. The molecular formula is C21H26N4O4S2. The molecule has 2 aliphatic rings. The molecule has 8 nitrogen and oxygen atoms in total. The maximum Gasteiger partial charge on any atom is 0.270 e. The van der Waals surface area contributed by atoms with Crippen LogP contribution in [-0.2, 0) is 14.8 Å². The van der Waals surface area contributed by atoms with Crippen molar-refractivity contribution in [2.75, 3.05) is 43.0 Å². The predicted molar refractivity (Wildman–Crippen MR) is 121 cm³/mol. The minimum atomic E-state index is -3.59. The number of hydrogen-bond acceptors (Lipinski definition) is 5. The van der Waals surface area contributed by atoms with Crippen molar-refractivity contribution in [1.82, 2.24) is 14.2 Å². The Morgan fingerprint density at radius 2 is 1.71 bits per heavy atom. The van der Waals surface area contributed by atoms with Crippen LogP contribution < -0.4 is 5.32 Å². The number of benzene rings is 1. The summed E-state index contributed by atoms with van der Waals surface area (Å²) in [6.45, 7) is 1.88. The molecule has 2 aliphatic heterocycles. The van der Waals surface area contributed by atoms with Gasteiger partial charge >= 0.3 is 0 Å². The molecule has 2 N–H and O–H groups in total. The van der Waals surface area contributed by atoms with Gasteiger partial charge in [-0.2, -0.15) is 16.1 Å². The average molecular weight is 463 g/mol. The SMILES string of the molecule is O=C(Nc1ccccc1)C1CCN(C(=O)c2cc(S(=O)(=O)N3CCSCC3)c[nH]2)CC1. The van der Waals surface area contributed by atoms with Gasteiger partial charge in [-0.3, -0.25) is 9.59 Å². The molecule has 2 amide bonds. The van der Waals surface area contributed by atoms with E-state index in [0.29, 0.717) is 39.0 Å². The van der Waals surface area contributed by atoms with E-state index in [1.165, 1.54) is 16.6 Å². The highest BCUT2D eigenvalue weighted by Crippen LogP contribution is 2.24. The third-order valence-electron chi connectivity index (χ3n) is 5.69. The lowest BCUT2D eigenvalue weighted by molar-refractivity contribution is -0.121. The zero-order valence-electron chi connectivity index (χ0n) is 17.1. The smallest absolute Gasteiger partial charge is 0.270 e. The van der Waals surface area contributed by atoms with Crippen molar-refractivity contribution in [2.24, 2.45) is 5.92 Å². The Kier molecular flexibility index (Phi) is 6.68. The van der Waals surface area contributed by atoms with Crippen LogP contribution in [0.15, 0.2) is 47.5 Å². The molecular weight excluding hydrogens is 436 g/mol. The Morgan fingerprint density at radius 1 is 1.03 bits per heavy atom. The molecule has 0 unspecified atom stereocenters. The molecule has 0 saturated carbocycles. The number of aromatic nitrogens is 1. The van der Waals surface area contributed by atoms with E-state index >= 15 is 0 Å². The third kappa shape index (κ3) is 4.97. The van der Waals surface area contributed by atoms with E-state index in [2.05, 4.69) is 10.3 Å². The average Bonchev–Trinajstić information content (AvgIpc) is 3.31. The fourth-order valence-corrected chi connectivity index (χ4v) is 6.43. The Morgan fingerprint density at radius 3 is 2.39 bits per heavy atom. The monoisotopic (exact) mass is 462 g/mol. The van der Waals surface area contributed by atoms with E-state index in [0.717, 1.165) is 17.2 Å². The summed E-state index contributed by atoms with van der Waals surface area (Å²) < 4.78 is 27.1. The van der Waals surface area contributed by atoms with E-state index in [4.69, 9.17) is 0 Å². The molecule has 2 saturated heterocycles. The molecule has 0 radical (unpaired) electrons. The topological polar surface area (TPSA) is 103 Å². The van der Waals surface area contributed by atoms with Crippen molar-refractivity contribution in [3.8, 4) is 0 Å². The molecule has 10 heteroatoms. The first-order valence-electron chi connectivity index (χ1n) is 10.4. The van der Waals surface area contributed by atoms with Gasteiger partial charge in [-0.15, -0.1) is 0 Å². The minimum Gasteiger partial charge on any atom is -0.356 e. The first kappa shape index (κ1) is 21.9. The van der Waals surface area contributed by atoms with Crippen LogP contribution >= 0.6 is 11.8 Å². The number of amides is 2. The summed E-state index contributed by atoms with van der Waals surface area (Å²) in [7, 11) is -3.59. The van der Waals surface area contributed by atoms with Crippen molar-refractivity contribution in [1.29, 1.82) is 0 Å². The van der Waals surface area contributed by atoms with Crippen LogP contribution in [0, 0.1) is 5.92 Å². The summed E-state index contributed by atoms with van der Waals surface area (Å²) in [6.07, 6.45) is 2.54. The summed E-state index contributed by atoms with van der Waals surface area (Å²) in [4.78, 5) is 30.0. The number of likely N-dealkylation sites (tertiary alicyclic amines) is 1. The number of sulfonamides is 1. The van der Waals surface area contributed by atoms with Gasteiger partial charge in [0.25, 0.3) is 5.91 Å². The van der Waals surface area contributed by atoms with Crippen LogP contribution in [0.1, 0.15) is 23.3 Å². The molecule has 4 rings (SSSR count). The summed E-state index contributed by atoms with van der Waals surface area (Å²) in [5.74, 6) is 1.13. The van der Waals surface area contributed by atoms with E-state index in [-0.39, 0.29) is 28.3 Å². The molecule has 1 aromatic heterocycles. The quantitative estimate of drug-likeness (QED) is 0.710. The number of thioether (sulfide) groups is 1.